The Morgan fingerprint density at radius 1 is 1.60 bits per heavy atom. The molecule has 0 aromatic carbocycles. The average Bonchev–Trinajstić information content (AvgIpc) is 2.70. The Bertz CT molecular complexity index is 293. The number of ether oxygens (including phenoxy) is 1. The van der Waals surface area contributed by atoms with Crippen LogP contribution in [0, 0.1) is 0 Å². The summed E-state index contributed by atoms with van der Waals surface area (Å²) in [7, 11) is 1.99. The lowest BCUT2D eigenvalue weighted by atomic mass is 10.3. The molecule has 1 heterocycles. The molecule has 0 fully saturated rings. The van der Waals surface area contributed by atoms with Crippen LogP contribution in [0.5, 0.6) is 0 Å². The number of rotatable bonds is 5. The Kier molecular flexibility index (Phi) is 4.37. The van der Waals surface area contributed by atoms with Crippen molar-refractivity contribution in [1.29, 1.82) is 0 Å². The number of hydrogen-bond acceptors (Lipinski definition) is 4. The average molecular weight is 211 g/mol. The molecular formula is C11H17NO3. The molecule has 0 atom stereocenters. The highest BCUT2D eigenvalue weighted by Crippen LogP contribution is 2.02. The van der Waals surface area contributed by atoms with Gasteiger partial charge in [0.2, 0.25) is 5.76 Å². The number of carbonyl (C=O) groups excluding carboxylic acids is 1. The summed E-state index contributed by atoms with van der Waals surface area (Å²) in [6.07, 6.45) is 1.46. The first-order valence-corrected chi connectivity index (χ1v) is 5.02. The van der Waals surface area contributed by atoms with Gasteiger partial charge in [0.05, 0.1) is 6.26 Å². The Morgan fingerprint density at radius 2 is 2.33 bits per heavy atom. The topological polar surface area (TPSA) is 42.7 Å². The summed E-state index contributed by atoms with van der Waals surface area (Å²) in [4.78, 5) is 13.4. The first kappa shape index (κ1) is 11.8. The maximum atomic E-state index is 11.3. The van der Waals surface area contributed by atoms with Crippen LogP contribution in [0.4, 0.5) is 0 Å². The summed E-state index contributed by atoms with van der Waals surface area (Å²) in [6.45, 7) is 5.29. The highest BCUT2D eigenvalue weighted by molar-refractivity contribution is 5.86. The van der Waals surface area contributed by atoms with Gasteiger partial charge in [-0.2, -0.15) is 0 Å². The summed E-state index contributed by atoms with van der Waals surface area (Å²) in [6, 6.07) is 3.71. The van der Waals surface area contributed by atoms with E-state index >= 15 is 0 Å². The van der Waals surface area contributed by atoms with E-state index < -0.39 is 5.97 Å². The molecule has 15 heavy (non-hydrogen) atoms. The van der Waals surface area contributed by atoms with Gasteiger partial charge in [0.15, 0.2) is 0 Å². The maximum absolute atomic E-state index is 11.3. The predicted octanol–water partition coefficient (Wildman–Crippen LogP) is 1.78. The fraction of sp³-hybridized carbons (Fsp3) is 0.545. The van der Waals surface area contributed by atoms with Gasteiger partial charge in [0.1, 0.15) is 6.61 Å². The number of hydrogen-bond donors (Lipinski definition) is 0. The Labute approximate surface area is 89.8 Å². The zero-order chi connectivity index (χ0) is 11.3. The molecule has 84 valence electrons. The molecule has 1 rings (SSSR count). The highest BCUT2D eigenvalue weighted by Gasteiger charge is 2.10. The van der Waals surface area contributed by atoms with Crippen molar-refractivity contribution in [1.82, 2.24) is 4.90 Å². The zero-order valence-electron chi connectivity index (χ0n) is 9.40. The number of nitrogens with zero attached hydrogens (tertiary/aromatic N) is 1. The van der Waals surface area contributed by atoms with Crippen molar-refractivity contribution in [2.24, 2.45) is 0 Å². The van der Waals surface area contributed by atoms with Crippen LogP contribution in [0.2, 0.25) is 0 Å². The fourth-order valence-corrected chi connectivity index (χ4v) is 1.01. The molecular weight excluding hydrogens is 194 g/mol. The SMILES string of the molecule is CC(C)N(C)CCOC(=O)c1ccco1. The summed E-state index contributed by atoms with van der Waals surface area (Å²) < 4.78 is 9.94. The summed E-state index contributed by atoms with van der Waals surface area (Å²) in [5.41, 5.74) is 0. The van der Waals surface area contributed by atoms with E-state index in [1.165, 1.54) is 6.26 Å². The van der Waals surface area contributed by atoms with Crippen molar-refractivity contribution in [3.8, 4) is 0 Å². The lowest BCUT2D eigenvalue weighted by Crippen LogP contribution is -2.30. The quantitative estimate of drug-likeness (QED) is 0.696. The van der Waals surface area contributed by atoms with E-state index in [1.807, 2.05) is 7.05 Å². The molecule has 0 radical (unpaired) electrons. The molecule has 0 amide bonds. The van der Waals surface area contributed by atoms with Gasteiger partial charge in [-0.05, 0) is 33.0 Å². The fourth-order valence-electron chi connectivity index (χ4n) is 1.01. The van der Waals surface area contributed by atoms with Crippen LogP contribution in [-0.2, 0) is 4.74 Å². The Hall–Kier alpha value is -1.29. The second-order valence-corrected chi connectivity index (χ2v) is 3.69. The summed E-state index contributed by atoms with van der Waals surface area (Å²) in [5.74, 6) is -0.153. The molecule has 0 saturated carbocycles. The second-order valence-electron chi connectivity index (χ2n) is 3.69. The van der Waals surface area contributed by atoms with Gasteiger partial charge in [-0.25, -0.2) is 4.79 Å². The van der Waals surface area contributed by atoms with Crippen molar-refractivity contribution < 1.29 is 13.9 Å². The molecule has 0 saturated heterocycles. The Balaban J connectivity index is 2.24. The minimum absolute atomic E-state index is 0.252. The van der Waals surface area contributed by atoms with Crippen LogP contribution in [0.1, 0.15) is 24.4 Å². The van der Waals surface area contributed by atoms with Crippen LogP contribution in [-0.4, -0.2) is 37.1 Å². The number of furan rings is 1. The minimum Gasteiger partial charge on any atom is -0.458 e. The summed E-state index contributed by atoms with van der Waals surface area (Å²) in [5, 5.41) is 0. The number of carbonyl (C=O) groups is 1. The lowest BCUT2D eigenvalue weighted by molar-refractivity contribution is 0.0425. The first-order valence-electron chi connectivity index (χ1n) is 5.02. The molecule has 0 spiro atoms. The zero-order valence-corrected chi connectivity index (χ0v) is 9.40. The smallest absolute Gasteiger partial charge is 0.374 e. The van der Waals surface area contributed by atoms with Crippen LogP contribution >= 0.6 is 0 Å². The third kappa shape index (κ3) is 3.75. The van der Waals surface area contributed by atoms with Gasteiger partial charge in [0, 0.05) is 12.6 Å². The molecule has 1 aromatic rings. The largest absolute Gasteiger partial charge is 0.458 e. The van der Waals surface area contributed by atoms with Crippen LogP contribution in [0.3, 0.4) is 0 Å². The van der Waals surface area contributed by atoms with Crippen molar-refractivity contribution in [2.45, 2.75) is 19.9 Å². The van der Waals surface area contributed by atoms with Gasteiger partial charge >= 0.3 is 5.97 Å². The van der Waals surface area contributed by atoms with E-state index in [1.54, 1.807) is 12.1 Å². The molecule has 0 aliphatic carbocycles. The predicted molar refractivity (Wildman–Crippen MR) is 56.8 cm³/mol. The van der Waals surface area contributed by atoms with E-state index in [-0.39, 0.29) is 5.76 Å². The molecule has 0 aliphatic rings. The summed E-state index contributed by atoms with van der Waals surface area (Å²) >= 11 is 0. The third-order valence-electron chi connectivity index (χ3n) is 2.28. The van der Waals surface area contributed by atoms with Crippen molar-refractivity contribution in [3.63, 3.8) is 0 Å². The monoisotopic (exact) mass is 211 g/mol. The van der Waals surface area contributed by atoms with Gasteiger partial charge in [-0.3, -0.25) is 0 Å². The first-order chi connectivity index (χ1) is 7.11. The number of likely N-dealkylation sites (N-methyl/N-ethyl adjacent to an activating group) is 1. The second kappa shape index (κ2) is 5.56. The van der Waals surface area contributed by atoms with Gasteiger partial charge in [0.25, 0.3) is 0 Å². The molecule has 4 nitrogen and oxygen atoms in total. The normalized spacial score (nSPS) is 11.0. The van der Waals surface area contributed by atoms with Crippen LogP contribution in [0.25, 0.3) is 0 Å². The minimum atomic E-state index is -0.405. The highest BCUT2D eigenvalue weighted by atomic mass is 16.5. The molecule has 0 N–H and O–H groups in total. The third-order valence-corrected chi connectivity index (χ3v) is 2.28. The Morgan fingerprint density at radius 3 is 2.87 bits per heavy atom. The van der Waals surface area contributed by atoms with E-state index in [0.29, 0.717) is 12.6 Å². The van der Waals surface area contributed by atoms with Crippen LogP contribution in [0.15, 0.2) is 22.8 Å². The van der Waals surface area contributed by atoms with Gasteiger partial charge in [-0.1, -0.05) is 0 Å². The molecule has 0 aliphatic heterocycles. The van der Waals surface area contributed by atoms with E-state index in [2.05, 4.69) is 18.7 Å². The molecule has 4 heteroatoms. The number of esters is 1. The van der Waals surface area contributed by atoms with Gasteiger partial charge in [-0.15, -0.1) is 0 Å². The maximum Gasteiger partial charge on any atom is 0.374 e. The van der Waals surface area contributed by atoms with E-state index in [0.717, 1.165) is 6.54 Å². The van der Waals surface area contributed by atoms with Crippen molar-refractivity contribution in [2.75, 3.05) is 20.2 Å². The molecule has 1 aromatic heterocycles. The standard InChI is InChI=1S/C11H17NO3/c1-9(2)12(3)6-8-15-11(13)10-5-4-7-14-10/h4-5,7,9H,6,8H2,1-3H3. The van der Waals surface area contributed by atoms with Crippen molar-refractivity contribution >= 4 is 5.97 Å². The van der Waals surface area contributed by atoms with Crippen LogP contribution < -0.4 is 0 Å². The van der Waals surface area contributed by atoms with Gasteiger partial charge < -0.3 is 14.1 Å². The van der Waals surface area contributed by atoms with E-state index in [4.69, 9.17) is 9.15 Å². The molecule has 0 unspecified atom stereocenters. The van der Waals surface area contributed by atoms with Crippen molar-refractivity contribution in [3.05, 3.63) is 24.2 Å². The van der Waals surface area contributed by atoms with E-state index in [9.17, 15) is 4.79 Å². The lowest BCUT2D eigenvalue weighted by Gasteiger charge is -2.20. The molecule has 0 bridgehead atoms.